The molecule has 0 aliphatic carbocycles. The Morgan fingerprint density at radius 3 is 1.97 bits per heavy atom. The monoisotopic (exact) mass is 413 g/mol. The number of rotatable bonds is 13. The highest BCUT2D eigenvalue weighted by atomic mass is 16.6. The van der Waals surface area contributed by atoms with Crippen LogP contribution in [-0.4, -0.2) is 17.5 Å². The molecule has 0 fully saturated rings. The number of amides is 2. The van der Waals surface area contributed by atoms with E-state index >= 15 is 0 Å². The molecule has 0 unspecified atom stereocenters. The van der Waals surface area contributed by atoms with Crippen LogP contribution in [0.5, 0.6) is 11.5 Å². The van der Waals surface area contributed by atoms with Crippen LogP contribution in [0.25, 0.3) is 0 Å². The van der Waals surface area contributed by atoms with Crippen LogP contribution in [0, 0.1) is 10.1 Å². The number of nitro groups is 1. The van der Waals surface area contributed by atoms with Crippen LogP contribution in [0.1, 0.15) is 58.3 Å². The summed E-state index contributed by atoms with van der Waals surface area (Å²) < 4.78 is 5.66. The van der Waals surface area contributed by atoms with Crippen LogP contribution < -0.4 is 15.4 Å². The predicted octanol–water partition coefficient (Wildman–Crippen LogP) is 6.65. The zero-order valence-corrected chi connectivity index (χ0v) is 17.6. The number of nitro benzene ring substituents is 1. The number of ether oxygens (including phenoxy) is 1. The van der Waals surface area contributed by atoms with Gasteiger partial charge in [0, 0.05) is 24.4 Å². The molecular weight excluding hydrogens is 382 g/mol. The number of carbonyl (C=O) groups excluding carboxylic acids is 1. The van der Waals surface area contributed by atoms with E-state index in [0.29, 0.717) is 23.7 Å². The summed E-state index contributed by atoms with van der Waals surface area (Å²) in [5.41, 5.74) is 0.680. The van der Waals surface area contributed by atoms with Crippen molar-refractivity contribution in [1.82, 2.24) is 5.32 Å². The van der Waals surface area contributed by atoms with Crippen molar-refractivity contribution in [1.29, 1.82) is 0 Å². The lowest BCUT2D eigenvalue weighted by atomic mass is 10.1. The molecule has 0 heterocycles. The second-order valence-corrected chi connectivity index (χ2v) is 7.23. The summed E-state index contributed by atoms with van der Waals surface area (Å²) in [7, 11) is 0. The van der Waals surface area contributed by atoms with Crippen molar-refractivity contribution in [3.05, 3.63) is 58.6 Å². The van der Waals surface area contributed by atoms with Gasteiger partial charge in [-0.3, -0.25) is 10.1 Å². The van der Waals surface area contributed by atoms with Gasteiger partial charge in [0.15, 0.2) is 0 Å². The van der Waals surface area contributed by atoms with E-state index < -0.39 is 4.92 Å². The Morgan fingerprint density at radius 1 is 0.867 bits per heavy atom. The van der Waals surface area contributed by atoms with Crippen molar-refractivity contribution >= 4 is 17.4 Å². The van der Waals surface area contributed by atoms with E-state index in [4.69, 9.17) is 4.74 Å². The molecule has 2 amide bonds. The van der Waals surface area contributed by atoms with Crippen molar-refractivity contribution in [2.75, 3.05) is 11.9 Å². The molecule has 0 spiro atoms. The molecule has 2 aromatic carbocycles. The Morgan fingerprint density at radius 2 is 1.40 bits per heavy atom. The first-order chi connectivity index (χ1) is 14.6. The molecule has 0 aliphatic rings. The molecule has 2 N–H and O–H groups in total. The first kappa shape index (κ1) is 23.2. The smallest absolute Gasteiger partial charge is 0.319 e. The number of benzene rings is 2. The molecule has 30 heavy (non-hydrogen) atoms. The third kappa shape index (κ3) is 8.94. The molecule has 0 atom stereocenters. The minimum absolute atomic E-state index is 0.0138. The lowest BCUT2D eigenvalue weighted by Crippen LogP contribution is -2.29. The summed E-state index contributed by atoms with van der Waals surface area (Å²) in [6, 6.07) is 12.6. The second kappa shape index (κ2) is 13.2. The number of unbranched alkanes of at least 4 members (excludes halogenated alkanes) is 7. The Balaban J connectivity index is 1.64. The van der Waals surface area contributed by atoms with Crippen LogP contribution in [0.15, 0.2) is 48.5 Å². The molecule has 0 radical (unpaired) electrons. The van der Waals surface area contributed by atoms with Crippen LogP contribution >= 0.6 is 0 Å². The zero-order valence-electron chi connectivity index (χ0n) is 17.6. The van der Waals surface area contributed by atoms with E-state index in [0.717, 1.165) is 12.8 Å². The minimum Gasteiger partial charge on any atom is -0.457 e. The minimum atomic E-state index is -0.454. The summed E-state index contributed by atoms with van der Waals surface area (Å²) in [4.78, 5) is 22.2. The number of hydrogen-bond donors (Lipinski definition) is 2. The molecule has 0 saturated carbocycles. The largest absolute Gasteiger partial charge is 0.457 e. The quantitative estimate of drug-likeness (QED) is 0.218. The average molecular weight is 414 g/mol. The number of hydrogen-bond acceptors (Lipinski definition) is 4. The standard InChI is InChI=1S/C23H31N3O4/c1-2-3-4-5-6-7-8-9-18-24-23(27)25-19-10-14-21(15-11-19)30-22-16-12-20(13-17-22)26(28)29/h10-17H,2-9,18H2,1H3,(H2,24,25,27). The molecule has 0 saturated heterocycles. The highest BCUT2D eigenvalue weighted by Crippen LogP contribution is 2.25. The Hall–Kier alpha value is -3.09. The fraction of sp³-hybridized carbons (Fsp3) is 0.435. The normalized spacial score (nSPS) is 10.4. The number of anilines is 1. The van der Waals surface area contributed by atoms with Crippen molar-refractivity contribution in [3.63, 3.8) is 0 Å². The van der Waals surface area contributed by atoms with Crippen molar-refractivity contribution in [3.8, 4) is 11.5 Å². The van der Waals surface area contributed by atoms with Crippen LogP contribution in [0.3, 0.4) is 0 Å². The third-order valence-electron chi connectivity index (χ3n) is 4.71. The van der Waals surface area contributed by atoms with E-state index in [1.807, 2.05) is 0 Å². The molecule has 162 valence electrons. The summed E-state index contributed by atoms with van der Waals surface area (Å²) >= 11 is 0. The van der Waals surface area contributed by atoms with Crippen molar-refractivity contribution < 1.29 is 14.5 Å². The van der Waals surface area contributed by atoms with Gasteiger partial charge < -0.3 is 15.4 Å². The van der Waals surface area contributed by atoms with E-state index in [1.54, 1.807) is 36.4 Å². The maximum Gasteiger partial charge on any atom is 0.319 e. The van der Waals surface area contributed by atoms with Crippen LogP contribution in [0.2, 0.25) is 0 Å². The number of nitrogens with zero attached hydrogens (tertiary/aromatic N) is 1. The zero-order chi connectivity index (χ0) is 21.6. The van der Waals surface area contributed by atoms with Gasteiger partial charge in [-0.1, -0.05) is 51.9 Å². The molecule has 2 aromatic rings. The molecule has 7 heteroatoms. The predicted molar refractivity (Wildman–Crippen MR) is 119 cm³/mol. The van der Waals surface area contributed by atoms with E-state index in [9.17, 15) is 14.9 Å². The average Bonchev–Trinajstić information content (AvgIpc) is 2.74. The topological polar surface area (TPSA) is 93.5 Å². The summed E-state index contributed by atoms with van der Waals surface area (Å²) in [6.45, 7) is 2.89. The Labute approximate surface area is 178 Å². The van der Waals surface area contributed by atoms with Crippen LogP contribution in [-0.2, 0) is 0 Å². The van der Waals surface area contributed by atoms with Gasteiger partial charge in [0.2, 0.25) is 0 Å². The van der Waals surface area contributed by atoms with Gasteiger partial charge in [-0.25, -0.2) is 4.79 Å². The van der Waals surface area contributed by atoms with Gasteiger partial charge in [0.05, 0.1) is 4.92 Å². The maximum atomic E-state index is 12.0. The number of nitrogens with one attached hydrogen (secondary N) is 2. The molecule has 0 bridgehead atoms. The van der Waals surface area contributed by atoms with Gasteiger partial charge in [-0.05, 0) is 42.8 Å². The molecule has 7 nitrogen and oxygen atoms in total. The van der Waals surface area contributed by atoms with Gasteiger partial charge in [-0.2, -0.15) is 0 Å². The lowest BCUT2D eigenvalue weighted by Gasteiger charge is -2.09. The van der Waals surface area contributed by atoms with Gasteiger partial charge in [0.25, 0.3) is 5.69 Å². The first-order valence-electron chi connectivity index (χ1n) is 10.7. The van der Waals surface area contributed by atoms with Crippen molar-refractivity contribution in [2.24, 2.45) is 0 Å². The van der Waals surface area contributed by atoms with E-state index in [1.165, 1.54) is 50.7 Å². The lowest BCUT2D eigenvalue weighted by molar-refractivity contribution is -0.384. The highest BCUT2D eigenvalue weighted by molar-refractivity contribution is 5.89. The summed E-state index contributed by atoms with van der Waals surface area (Å²) in [5, 5.41) is 16.4. The van der Waals surface area contributed by atoms with Crippen LogP contribution in [0.4, 0.5) is 16.2 Å². The van der Waals surface area contributed by atoms with E-state index in [-0.39, 0.29) is 11.7 Å². The molecule has 0 aromatic heterocycles. The number of non-ortho nitro benzene ring substituents is 1. The fourth-order valence-corrected chi connectivity index (χ4v) is 3.01. The Bertz CT molecular complexity index is 776. The third-order valence-corrected chi connectivity index (χ3v) is 4.71. The van der Waals surface area contributed by atoms with Gasteiger partial charge in [0.1, 0.15) is 11.5 Å². The van der Waals surface area contributed by atoms with Crippen molar-refractivity contribution in [2.45, 2.75) is 58.3 Å². The number of urea groups is 1. The molecular formula is C23H31N3O4. The SMILES string of the molecule is CCCCCCCCCCNC(=O)Nc1ccc(Oc2ccc([N+](=O)[O-])cc2)cc1. The fourth-order valence-electron chi connectivity index (χ4n) is 3.01. The molecule has 0 aliphatic heterocycles. The number of carbonyl (C=O) groups is 1. The second-order valence-electron chi connectivity index (χ2n) is 7.23. The summed E-state index contributed by atoms with van der Waals surface area (Å²) in [5.74, 6) is 1.08. The summed E-state index contributed by atoms with van der Waals surface area (Å²) in [6.07, 6.45) is 9.87. The van der Waals surface area contributed by atoms with Gasteiger partial charge in [-0.15, -0.1) is 0 Å². The first-order valence-corrected chi connectivity index (χ1v) is 10.7. The van der Waals surface area contributed by atoms with E-state index in [2.05, 4.69) is 17.6 Å². The Kier molecular flexibility index (Phi) is 10.2. The molecule has 2 rings (SSSR count). The maximum absolute atomic E-state index is 12.0. The van der Waals surface area contributed by atoms with Gasteiger partial charge >= 0.3 is 6.03 Å². The highest BCUT2D eigenvalue weighted by Gasteiger charge is 2.06.